The summed E-state index contributed by atoms with van der Waals surface area (Å²) < 4.78 is 0. The van der Waals surface area contributed by atoms with Crippen LogP contribution < -0.4 is 5.32 Å². The summed E-state index contributed by atoms with van der Waals surface area (Å²) in [6.07, 6.45) is 3.04. The molecule has 1 N–H and O–H groups in total. The monoisotopic (exact) mass is 326 g/mol. The highest BCUT2D eigenvalue weighted by molar-refractivity contribution is 6.32. The number of rotatable bonds is 5. The third-order valence-corrected chi connectivity index (χ3v) is 4.68. The van der Waals surface area contributed by atoms with Gasteiger partial charge in [0.05, 0.1) is 5.71 Å². The van der Waals surface area contributed by atoms with E-state index in [1.807, 2.05) is 12.1 Å². The number of hydrogen-bond acceptors (Lipinski definition) is 2. The van der Waals surface area contributed by atoms with Gasteiger partial charge in [-0.3, -0.25) is 4.99 Å². The summed E-state index contributed by atoms with van der Waals surface area (Å²) in [5.74, 6) is 0. The molecule has 0 atom stereocenters. The van der Waals surface area contributed by atoms with Gasteiger partial charge >= 0.3 is 0 Å². The highest BCUT2D eigenvalue weighted by atomic mass is 35.5. The summed E-state index contributed by atoms with van der Waals surface area (Å²) in [5, 5.41) is 4.21. The zero-order chi connectivity index (χ0) is 16.1. The number of aryl methyl sites for hydroxylation is 1. The van der Waals surface area contributed by atoms with Crippen molar-refractivity contribution in [2.24, 2.45) is 4.99 Å². The van der Waals surface area contributed by atoms with Crippen LogP contribution in [0.3, 0.4) is 0 Å². The minimum atomic E-state index is 0.836. The van der Waals surface area contributed by atoms with Crippen molar-refractivity contribution >= 4 is 17.3 Å². The lowest BCUT2D eigenvalue weighted by Gasteiger charge is -2.12. The Bertz CT molecular complexity index is 707. The van der Waals surface area contributed by atoms with Crippen molar-refractivity contribution in [1.82, 2.24) is 5.32 Å². The number of halogens is 1. The van der Waals surface area contributed by atoms with Gasteiger partial charge in [0, 0.05) is 22.7 Å². The second-order valence-corrected chi connectivity index (χ2v) is 6.27. The Morgan fingerprint density at radius 3 is 2.74 bits per heavy atom. The molecule has 2 nitrogen and oxygen atoms in total. The van der Waals surface area contributed by atoms with Crippen LogP contribution in [0.4, 0.5) is 0 Å². The number of nitrogens with one attached hydrogen (secondary N) is 1. The lowest BCUT2D eigenvalue weighted by atomic mass is 9.98. The summed E-state index contributed by atoms with van der Waals surface area (Å²) in [6, 6.07) is 14.8. The first-order chi connectivity index (χ1) is 11.3. The molecule has 1 aliphatic rings. The third-order valence-electron chi connectivity index (χ3n) is 4.32. The first-order valence-electron chi connectivity index (χ1n) is 8.42. The van der Waals surface area contributed by atoms with Gasteiger partial charge in [-0.2, -0.15) is 0 Å². The normalized spacial score (nSPS) is 15.1. The molecular weight excluding hydrogens is 304 g/mol. The molecule has 3 rings (SSSR count). The fraction of sp³-hybridized carbons (Fsp3) is 0.350. The third kappa shape index (κ3) is 3.65. The molecule has 0 aliphatic heterocycles. The highest BCUT2D eigenvalue weighted by Crippen LogP contribution is 2.29. The summed E-state index contributed by atoms with van der Waals surface area (Å²) >= 11 is 6.46. The minimum Gasteiger partial charge on any atom is -0.317 e. The van der Waals surface area contributed by atoms with Crippen LogP contribution in [-0.2, 0) is 12.8 Å². The van der Waals surface area contributed by atoms with Gasteiger partial charge in [0.15, 0.2) is 0 Å². The van der Waals surface area contributed by atoms with Crippen molar-refractivity contribution in [3.05, 3.63) is 69.7 Å². The average molecular weight is 327 g/mol. The lowest BCUT2D eigenvalue weighted by molar-refractivity contribution is 0.680. The SMILES string of the molecule is CCNCCC/N=C1/c2ccccc2CCc2c(Cl)cccc21. The van der Waals surface area contributed by atoms with Gasteiger partial charge in [-0.25, -0.2) is 0 Å². The maximum absolute atomic E-state index is 6.46. The Hall–Kier alpha value is -1.64. The molecule has 23 heavy (non-hydrogen) atoms. The number of hydrogen-bond donors (Lipinski definition) is 1. The molecule has 0 saturated heterocycles. The second-order valence-electron chi connectivity index (χ2n) is 5.86. The first kappa shape index (κ1) is 16.2. The average Bonchev–Trinajstić information content (AvgIpc) is 2.73. The van der Waals surface area contributed by atoms with E-state index in [0.717, 1.165) is 49.6 Å². The molecule has 0 amide bonds. The van der Waals surface area contributed by atoms with Crippen molar-refractivity contribution in [2.75, 3.05) is 19.6 Å². The summed E-state index contributed by atoms with van der Waals surface area (Å²) in [4.78, 5) is 4.96. The minimum absolute atomic E-state index is 0.836. The predicted molar refractivity (Wildman–Crippen MR) is 99.0 cm³/mol. The van der Waals surface area contributed by atoms with Crippen LogP contribution in [-0.4, -0.2) is 25.3 Å². The molecule has 2 aromatic rings. The fourth-order valence-electron chi connectivity index (χ4n) is 3.15. The summed E-state index contributed by atoms with van der Waals surface area (Å²) in [6.45, 7) is 4.99. The summed E-state index contributed by atoms with van der Waals surface area (Å²) in [5.41, 5.74) is 6.16. The molecule has 0 aromatic heterocycles. The van der Waals surface area contributed by atoms with Crippen molar-refractivity contribution in [1.29, 1.82) is 0 Å². The Morgan fingerprint density at radius 2 is 1.87 bits per heavy atom. The molecule has 0 saturated carbocycles. The molecule has 1 aliphatic carbocycles. The molecule has 3 heteroatoms. The van der Waals surface area contributed by atoms with E-state index in [-0.39, 0.29) is 0 Å². The molecule has 0 heterocycles. The first-order valence-corrected chi connectivity index (χ1v) is 8.80. The van der Waals surface area contributed by atoms with Crippen molar-refractivity contribution in [3.8, 4) is 0 Å². The second kappa shape index (κ2) is 7.76. The van der Waals surface area contributed by atoms with Gasteiger partial charge in [-0.15, -0.1) is 0 Å². The predicted octanol–water partition coefficient (Wildman–Crippen LogP) is 4.28. The summed E-state index contributed by atoms with van der Waals surface area (Å²) in [7, 11) is 0. The van der Waals surface area contributed by atoms with Gasteiger partial charge in [-0.05, 0) is 49.5 Å². The van der Waals surface area contributed by atoms with E-state index in [2.05, 4.69) is 42.6 Å². The molecular formula is C20H23ClN2. The standard InChI is InChI=1S/C20H23ClN2/c1-2-22-13-6-14-23-20-16-8-4-3-7-15(16)11-12-17-18(20)9-5-10-19(17)21/h3-5,7-10,22H,2,6,11-14H2,1H3/b23-20-. The maximum Gasteiger partial charge on any atom is 0.0724 e. The van der Waals surface area contributed by atoms with E-state index in [1.165, 1.54) is 22.3 Å². The fourth-order valence-corrected chi connectivity index (χ4v) is 3.42. The molecule has 0 spiro atoms. The van der Waals surface area contributed by atoms with Crippen molar-refractivity contribution in [2.45, 2.75) is 26.2 Å². The van der Waals surface area contributed by atoms with E-state index in [9.17, 15) is 0 Å². The van der Waals surface area contributed by atoms with E-state index in [0.29, 0.717) is 0 Å². The number of aliphatic imine (C=N–C) groups is 1. The van der Waals surface area contributed by atoms with Crippen LogP contribution in [0, 0.1) is 0 Å². The van der Waals surface area contributed by atoms with Crippen molar-refractivity contribution in [3.63, 3.8) is 0 Å². The largest absolute Gasteiger partial charge is 0.317 e. The molecule has 0 radical (unpaired) electrons. The van der Waals surface area contributed by atoms with Gasteiger partial charge in [-0.1, -0.05) is 54.9 Å². The van der Waals surface area contributed by atoms with Gasteiger partial charge in [0.1, 0.15) is 0 Å². The maximum atomic E-state index is 6.46. The molecule has 0 unspecified atom stereocenters. The quantitative estimate of drug-likeness (QED) is 0.815. The lowest BCUT2D eigenvalue weighted by Crippen LogP contribution is -2.15. The Labute approximate surface area is 143 Å². The molecule has 120 valence electrons. The zero-order valence-electron chi connectivity index (χ0n) is 13.6. The van der Waals surface area contributed by atoms with Crippen LogP contribution in [0.2, 0.25) is 5.02 Å². The number of benzene rings is 2. The highest BCUT2D eigenvalue weighted by Gasteiger charge is 2.20. The van der Waals surface area contributed by atoms with Crippen LogP contribution in [0.25, 0.3) is 0 Å². The van der Waals surface area contributed by atoms with Crippen LogP contribution >= 0.6 is 11.6 Å². The van der Waals surface area contributed by atoms with E-state index >= 15 is 0 Å². The van der Waals surface area contributed by atoms with Gasteiger partial charge < -0.3 is 5.32 Å². The Morgan fingerprint density at radius 1 is 1.04 bits per heavy atom. The zero-order valence-corrected chi connectivity index (χ0v) is 14.4. The molecule has 2 aromatic carbocycles. The van der Waals surface area contributed by atoms with Crippen molar-refractivity contribution < 1.29 is 0 Å². The molecule has 0 bridgehead atoms. The topological polar surface area (TPSA) is 24.4 Å². The smallest absolute Gasteiger partial charge is 0.0724 e. The van der Waals surface area contributed by atoms with Gasteiger partial charge in [0.25, 0.3) is 0 Å². The van der Waals surface area contributed by atoms with Crippen LogP contribution in [0.15, 0.2) is 47.5 Å². The Kier molecular flexibility index (Phi) is 5.47. The van der Waals surface area contributed by atoms with Crippen LogP contribution in [0.5, 0.6) is 0 Å². The van der Waals surface area contributed by atoms with E-state index < -0.39 is 0 Å². The molecule has 0 fully saturated rings. The van der Waals surface area contributed by atoms with Gasteiger partial charge in [0.2, 0.25) is 0 Å². The van der Waals surface area contributed by atoms with E-state index in [1.54, 1.807) is 0 Å². The van der Waals surface area contributed by atoms with E-state index in [4.69, 9.17) is 16.6 Å². The number of nitrogens with zero attached hydrogens (tertiary/aromatic N) is 1. The Balaban J connectivity index is 1.98. The van der Waals surface area contributed by atoms with Crippen LogP contribution in [0.1, 0.15) is 35.6 Å². The number of fused-ring (bicyclic) bond motifs is 2.